The van der Waals surface area contributed by atoms with Gasteiger partial charge in [0.2, 0.25) is 0 Å². The molecule has 0 bridgehead atoms. The number of carbonyl (C=O) groups excluding carboxylic acids is 1. The van der Waals surface area contributed by atoms with Crippen LogP contribution in [-0.2, 0) is 14.3 Å². The molecule has 80 valence electrons. The first kappa shape index (κ1) is 11.2. The number of hydrogen-bond donors (Lipinski definition) is 0. The Morgan fingerprint density at radius 2 is 2.50 bits per heavy atom. The van der Waals surface area contributed by atoms with E-state index in [2.05, 4.69) is 0 Å². The molecule has 0 atom stereocenters. The zero-order valence-electron chi connectivity index (χ0n) is 8.75. The predicted molar refractivity (Wildman–Crippen MR) is 54.0 cm³/mol. The Morgan fingerprint density at radius 3 is 3.14 bits per heavy atom. The van der Waals surface area contributed by atoms with E-state index in [-0.39, 0.29) is 5.78 Å². The Labute approximate surface area is 85.1 Å². The summed E-state index contributed by atoms with van der Waals surface area (Å²) in [6.45, 7) is 4.10. The van der Waals surface area contributed by atoms with Crippen LogP contribution in [0.15, 0.2) is 11.8 Å². The molecule has 0 fully saturated rings. The first-order chi connectivity index (χ1) is 6.84. The summed E-state index contributed by atoms with van der Waals surface area (Å²) < 4.78 is 10.3. The van der Waals surface area contributed by atoms with E-state index in [0.29, 0.717) is 13.0 Å². The molecule has 3 heteroatoms. The highest BCUT2D eigenvalue weighted by atomic mass is 16.5. The average Bonchev–Trinajstić information content (AvgIpc) is 2.25. The van der Waals surface area contributed by atoms with Crippen LogP contribution in [0.5, 0.6) is 0 Å². The molecule has 0 unspecified atom stereocenters. The zero-order valence-corrected chi connectivity index (χ0v) is 8.75. The van der Waals surface area contributed by atoms with Gasteiger partial charge in [0.15, 0.2) is 5.78 Å². The van der Waals surface area contributed by atoms with Crippen molar-refractivity contribution in [2.75, 3.05) is 19.8 Å². The molecule has 1 aliphatic rings. The van der Waals surface area contributed by atoms with Crippen molar-refractivity contribution >= 4 is 5.78 Å². The van der Waals surface area contributed by atoms with Crippen molar-refractivity contribution in [1.29, 1.82) is 0 Å². The van der Waals surface area contributed by atoms with Gasteiger partial charge in [-0.2, -0.15) is 0 Å². The Kier molecular flexibility index (Phi) is 5.30. The molecular formula is C11H18O3. The van der Waals surface area contributed by atoms with Crippen LogP contribution in [0.4, 0.5) is 0 Å². The van der Waals surface area contributed by atoms with Crippen molar-refractivity contribution in [3.63, 3.8) is 0 Å². The third-order valence-corrected chi connectivity index (χ3v) is 2.19. The van der Waals surface area contributed by atoms with Crippen LogP contribution >= 0.6 is 0 Å². The highest BCUT2D eigenvalue weighted by Crippen LogP contribution is 2.14. The van der Waals surface area contributed by atoms with E-state index in [4.69, 9.17) is 9.47 Å². The molecule has 0 aromatic rings. The summed E-state index contributed by atoms with van der Waals surface area (Å²) in [5, 5.41) is 0. The molecule has 3 nitrogen and oxygen atoms in total. The lowest BCUT2D eigenvalue weighted by atomic mass is 10.0. The van der Waals surface area contributed by atoms with Crippen LogP contribution in [0.25, 0.3) is 0 Å². The van der Waals surface area contributed by atoms with Gasteiger partial charge in [0, 0.05) is 25.2 Å². The van der Waals surface area contributed by atoms with Crippen LogP contribution in [0.2, 0.25) is 0 Å². The van der Waals surface area contributed by atoms with Gasteiger partial charge in [0.25, 0.3) is 0 Å². The van der Waals surface area contributed by atoms with E-state index in [1.807, 2.05) is 6.92 Å². The number of allylic oxidation sites excluding steroid dienone is 1. The van der Waals surface area contributed by atoms with E-state index in [1.54, 1.807) is 6.26 Å². The second-order valence-corrected chi connectivity index (χ2v) is 3.34. The fourth-order valence-corrected chi connectivity index (χ4v) is 1.41. The zero-order chi connectivity index (χ0) is 10.2. The molecule has 0 aromatic carbocycles. The molecule has 0 saturated heterocycles. The van der Waals surface area contributed by atoms with Crippen LogP contribution in [-0.4, -0.2) is 25.6 Å². The number of Topliss-reactive ketones (excluding diaryl/α,β-unsaturated/α-hetero) is 1. The summed E-state index contributed by atoms with van der Waals surface area (Å²) in [6, 6.07) is 0. The summed E-state index contributed by atoms with van der Waals surface area (Å²) in [7, 11) is 0. The first-order valence-electron chi connectivity index (χ1n) is 5.26. The predicted octanol–water partition coefficient (Wildman–Crippen LogP) is 2.07. The normalized spacial score (nSPS) is 15.9. The molecule has 1 aliphatic heterocycles. The van der Waals surface area contributed by atoms with E-state index in [0.717, 1.165) is 38.0 Å². The van der Waals surface area contributed by atoms with E-state index in [1.165, 1.54) is 0 Å². The van der Waals surface area contributed by atoms with Gasteiger partial charge < -0.3 is 9.47 Å². The molecular weight excluding hydrogens is 180 g/mol. The van der Waals surface area contributed by atoms with Gasteiger partial charge in [-0.25, -0.2) is 0 Å². The molecule has 0 spiro atoms. The number of ether oxygens (including phenoxy) is 2. The van der Waals surface area contributed by atoms with Crippen molar-refractivity contribution in [2.24, 2.45) is 0 Å². The molecule has 0 saturated carbocycles. The smallest absolute Gasteiger partial charge is 0.162 e. The fraction of sp³-hybridized carbons (Fsp3) is 0.727. The third kappa shape index (κ3) is 3.92. The monoisotopic (exact) mass is 198 g/mol. The number of hydrogen-bond acceptors (Lipinski definition) is 3. The number of rotatable bonds is 6. The molecule has 0 aromatic heterocycles. The maximum absolute atomic E-state index is 11.6. The van der Waals surface area contributed by atoms with Gasteiger partial charge in [-0.05, 0) is 26.2 Å². The van der Waals surface area contributed by atoms with E-state index < -0.39 is 0 Å². The lowest BCUT2D eigenvalue weighted by Gasteiger charge is -2.12. The first-order valence-corrected chi connectivity index (χ1v) is 5.26. The summed E-state index contributed by atoms with van der Waals surface area (Å²) in [5.74, 6) is 0.212. The van der Waals surface area contributed by atoms with Gasteiger partial charge in [0.1, 0.15) is 0 Å². The van der Waals surface area contributed by atoms with Crippen molar-refractivity contribution in [3.05, 3.63) is 11.8 Å². The largest absolute Gasteiger partial charge is 0.501 e. The second-order valence-electron chi connectivity index (χ2n) is 3.34. The van der Waals surface area contributed by atoms with Gasteiger partial charge in [-0.1, -0.05) is 0 Å². The van der Waals surface area contributed by atoms with Crippen LogP contribution < -0.4 is 0 Å². The molecule has 0 N–H and O–H groups in total. The standard InChI is InChI=1S/C11H18O3/c1-2-13-7-4-6-11(12)10-5-3-8-14-9-10/h9H,2-8H2,1H3. The van der Waals surface area contributed by atoms with Crippen LogP contribution in [0, 0.1) is 0 Å². The second kappa shape index (κ2) is 6.60. The molecule has 0 amide bonds. The molecule has 14 heavy (non-hydrogen) atoms. The quantitative estimate of drug-likeness (QED) is 0.613. The van der Waals surface area contributed by atoms with E-state index in [9.17, 15) is 4.79 Å². The lowest BCUT2D eigenvalue weighted by molar-refractivity contribution is -0.116. The summed E-state index contributed by atoms with van der Waals surface area (Å²) >= 11 is 0. The highest BCUT2D eigenvalue weighted by Gasteiger charge is 2.12. The Bertz CT molecular complexity index is 209. The van der Waals surface area contributed by atoms with E-state index >= 15 is 0 Å². The minimum atomic E-state index is 0.212. The average molecular weight is 198 g/mol. The lowest BCUT2D eigenvalue weighted by Crippen LogP contribution is -2.09. The molecule has 1 heterocycles. The third-order valence-electron chi connectivity index (χ3n) is 2.19. The Balaban J connectivity index is 2.17. The maximum Gasteiger partial charge on any atom is 0.162 e. The summed E-state index contributed by atoms with van der Waals surface area (Å²) in [4.78, 5) is 11.6. The van der Waals surface area contributed by atoms with Gasteiger partial charge in [-0.15, -0.1) is 0 Å². The topological polar surface area (TPSA) is 35.5 Å². The minimum absolute atomic E-state index is 0.212. The fourth-order valence-electron chi connectivity index (χ4n) is 1.41. The molecule has 1 rings (SSSR count). The van der Waals surface area contributed by atoms with Crippen molar-refractivity contribution in [1.82, 2.24) is 0 Å². The minimum Gasteiger partial charge on any atom is -0.501 e. The molecule has 0 aliphatic carbocycles. The van der Waals surface area contributed by atoms with Crippen molar-refractivity contribution < 1.29 is 14.3 Å². The van der Waals surface area contributed by atoms with Crippen LogP contribution in [0.1, 0.15) is 32.6 Å². The number of carbonyl (C=O) groups is 1. The Hall–Kier alpha value is -0.830. The van der Waals surface area contributed by atoms with Crippen molar-refractivity contribution in [2.45, 2.75) is 32.6 Å². The molecule has 0 radical (unpaired) electrons. The van der Waals surface area contributed by atoms with Crippen molar-refractivity contribution in [3.8, 4) is 0 Å². The van der Waals surface area contributed by atoms with Gasteiger partial charge >= 0.3 is 0 Å². The van der Waals surface area contributed by atoms with Crippen LogP contribution in [0.3, 0.4) is 0 Å². The number of ketones is 1. The van der Waals surface area contributed by atoms with Gasteiger partial charge in [0.05, 0.1) is 12.9 Å². The Morgan fingerprint density at radius 1 is 1.64 bits per heavy atom. The highest BCUT2D eigenvalue weighted by molar-refractivity contribution is 5.95. The summed E-state index contributed by atoms with van der Waals surface area (Å²) in [6.07, 6.45) is 4.84. The van der Waals surface area contributed by atoms with Gasteiger partial charge in [-0.3, -0.25) is 4.79 Å². The SMILES string of the molecule is CCOCCCC(=O)C1=COCCC1. The summed E-state index contributed by atoms with van der Waals surface area (Å²) in [5.41, 5.74) is 0.841. The maximum atomic E-state index is 11.6.